The summed E-state index contributed by atoms with van der Waals surface area (Å²) in [6.07, 6.45) is 0. The first-order chi connectivity index (χ1) is 19.2. The molecule has 0 aliphatic carbocycles. The Morgan fingerprint density at radius 3 is 0.683 bits per heavy atom. The van der Waals surface area contributed by atoms with Crippen LogP contribution in [-0.4, -0.2) is 9.05 Å². The maximum absolute atomic E-state index is 6.69. The van der Waals surface area contributed by atoms with Crippen molar-refractivity contribution in [3.05, 3.63) is 102 Å². The van der Waals surface area contributed by atoms with E-state index in [1.54, 1.807) is 24.3 Å². The van der Waals surface area contributed by atoms with E-state index < -0.39 is 9.05 Å². The van der Waals surface area contributed by atoms with Crippen LogP contribution in [0.1, 0.15) is 0 Å². The lowest BCUT2D eigenvalue weighted by atomic mass is 10.3. The third-order valence-corrected chi connectivity index (χ3v) is 20.2. The summed E-state index contributed by atoms with van der Waals surface area (Å²) in [6, 6.07) is 14.5. The SMILES string of the molecule is Brc1ccc(O[Si](Oc2ccc(Br)c(Br)c2Br)(Oc2ccc(Br)c(Br)c2Br)Oc2ccc(Br)c(Br)c2Br)c(Br)c1Br. The van der Waals surface area contributed by atoms with Crippen molar-refractivity contribution in [2.45, 2.75) is 0 Å². The molecule has 0 aliphatic heterocycles. The molecule has 0 saturated carbocycles. The molecule has 0 bridgehead atoms. The van der Waals surface area contributed by atoms with Crippen molar-refractivity contribution in [3.8, 4) is 23.0 Å². The Morgan fingerprint density at radius 2 is 0.488 bits per heavy atom. The van der Waals surface area contributed by atoms with Crippen molar-refractivity contribution in [1.29, 1.82) is 0 Å². The Labute approximate surface area is 337 Å². The van der Waals surface area contributed by atoms with Crippen LogP contribution in [0.2, 0.25) is 0 Å². The number of halogens is 12. The van der Waals surface area contributed by atoms with E-state index in [1.165, 1.54) is 0 Å². The molecule has 0 amide bonds. The minimum atomic E-state index is -4.31. The normalized spacial score (nSPS) is 11.4. The van der Waals surface area contributed by atoms with E-state index in [0.29, 0.717) is 40.9 Å². The second kappa shape index (κ2) is 15.3. The van der Waals surface area contributed by atoms with Gasteiger partial charge < -0.3 is 17.7 Å². The fourth-order valence-corrected chi connectivity index (χ4v) is 11.0. The average molecular weight is 1350 g/mol. The fourth-order valence-electron chi connectivity index (χ4n) is 3.01. The van der Waals surface area contributed by atoms with Gasteiger partial charge in [-0.1, -0.05) is 0 Å². The van der Waals surface area contributed by atoms with Crippen LogP contribution in [0, 0.1) is 0 Å². The van der Waals surface area contributed by atoms with E-state index in [9.17, 15) is 0 Å². The van der Waals surface area contributed by atoms with Crippen molar-refractivity contribution < 1.29 is 17.7 Å². The van der Waals surface area contributed by atoms with E-state index in [0.717, 1.165) is 35.8 Å². The van der Waals surface area contributed by atoms with Crippen LogP contribution < -0.4 is 17.7 Å². The van der Waals surface area contributed by atoms with Gasteiger partial charge in [0.05, 0.1) is 17.9 Å². The number of benzene rings is 4. The summed E-state index contributed by atoms with van der Waals surface area (Å²) in [5.41, 5.74) is 0. The monoisotopic (exact) mass is 1340 g/mol. The molecule has 0 unspecified atom stereocenters. The fraction of sp³-hybridized carbons (Fsp3) is 0. The molecule has 0 atom stereocenters. The van der Waals surface area contributed by atoms with E-state index in [2.05, 4.69) is 191 Å². The van der Waals surface area contributed by atoms with Crippen molar-refractivity contribution in [2.75, 3.05) is 0 Å². The summed E-state index contributed by atoms with van der Waals surface area (Å²) in [6.45, 7) is 0. The quantitative estimate of drug-likeness (QED) is 0.130. The van der Waals surface area contributed by atoms with E-state index in [4.69, 9.17) is 17.7 Å². The summed E-state index contributed by atoms with van der Waals surface area (Å²) in [7, 11) is -4.31. The lowest BCUT2D eigenvalue weighted by Gasteiger charge is -2.30. The van der Waals surface area contributed by atoms with Gasteiger partial charge in [-0.25, -0.2) is 0 Å². The van der Waals surface area contributed by atoms with Gasteiger partial charge in [0.1, 0.15) is 23.0 Å². The lowest BCUT2D eigenvalue weighted by molar-refractivity contribution is 0.159. The Morgan fingerprint density at radius 1 is 0.293 bits per heavy atom. The van der Waals surface area contributed by atoms with Gasteiger partial charge in [-0.2, -0.15) is 0 Å². The molecule has 0 aliphatic rings. The molecule has 4 aromatic carbocycles. The summed E-state index contributed by atoms with van der Waals surface area (Å²) >= 11 is 43.0. The molecule has 4 rings (SSSR count). The van der Waals surface area contributed by atoms with E-state index >= 15 is 0 Å². The highest BCUT2D eigenvalue weighted by molar-refractivity contribution is 9.15. The molecule has 0 aromatic heterocycles. The highest BCUT2D eigenvalue weighted by Gasteiger charge is 2.60. The molecule has 216 valence electrons. The van der Waals surface area contributed by atoms with Gasteiger partial charge in [0.15, 0.2) is 0 Å². The van der Waals surface area contributed by atoms with Crippen molar-refractivity contribution in [1.82, 2.24) is 0 Å². The third-order valence-electron chi connectivity index (χ3n) is 4.94. The molecule has 0 saturated heterocycles. The number of hydrogen-bond donors (Lipinski definition) is 0. The van der Waals surface area contributed by atoms with Gasteiger partial charge in [0.25, 0.3) is 0 Å². The second-order valence-corrected chi connectivity index (χ2v) is 19.2. The molecule has 4 aromatic rings. The Balaban J connectivity index is 1.98. The molecule has 0 heterocycles. The molecule has 17 heteroatoms. The number of hydrogen-bond acceptors (Lipinski definition) is 4. The third kappa shape index (κ3) is 8.32. The second-order valence-electron chi connectivity index (χ2n) is 7.60. The van der Waals surface area contributed by atoms with Crippen LogP contribution in [0.4, 0.5) is 0 Å². The van der Waals surface area contributed by atoms with Crippen LogP contribution in [0.5, 0.6) is 23.0 Å². The first-order valence-electron chi connectivity index (χ1n) is 10.5. The molecule has 0 fully saturated rings. The average Bonchev–Trinajstić information content (AvgIpc) is 2.94. The topological polar surface area (TPSA) is 36.9 Å². The first kappa shape index (κ1) is 35.9. The Hall–Kier alpha value is 2.06. The van der Waals surface area contributed by atoms with Crippen LogP contribution >= 0.6 is 191 Å². The van der Waals surface area contributed by atoms with Crippen molar-refractivity contribution in [3.63, 3.8) is 0 Å². The minimum Gasteiger partial charge on any atom is -0.451 e. The van der Waals surface area contributed by atoms with Crippen LogP contribution in [0.3, 0.4) is 0 Å². The summed E-state index contributed by atoms with van der Waals surface area (Å²) < 4.78 is 35.5. The zero-order chi connectivity index (χ0) is 30.2. The molecule has 4 nitrogen and oxygen atoms in total. The highest BCUT2D eigenvalue weighted by atomic mass is 79.9. The smallest absolute Gasteiger partial charge is 0.451 e. The molecule has 0 radical (unpaired) electrons. The lowest BCUT2D eigenvalue weighted by Crippen LogP contribution is -2.60. The van der Waals surface area contributed by atoms with E-state index in [1.807, 2.05) is 24.3 Å². The van der Waals surface area contributed by atoms with Gasteiger partial charge in [-0.15, -0.1) is 0 Å². The molecule has 41 heavy (non-hydrogen) atoms. The van der Waals surface area contributed by atoms with Gasteiger partial charge >= 0.3 is 9.05 Å². The Kier molecular flexibility index (Phi) is 13.4. The first-order valence-corrected chi connectivity index (χ1v) is 21.7. The predicted octanol–water partition coefficient (Wildman–Crippen LogP) is 14.9. The number of rotatable bonds is 8. The molecule has 0 spiro atoms. The van der Waals surface area contributed by atoms with Gasteiger partial charge in [0.2, 0.25) is 0 Å². The molecular formula is C24H8Br12O4Si. The molecule has 0 N–H and O–H groups in total. The van der Waals surface area contributed by atoms with Crippen LogP contribution in [0.15, 0.2) is 102 Å². The highest BCUT2D eigenvalue weighted by Crippen LogP contribution is 2.45. The summed E-state index contributed by atoms with van der Waals surface area (Å²) in [4.78, 5) is 0. The largest absolute Gasteiger partial charge is 0.966 e. The summed E-state index contributed by atoms with van der Waals surface area (Å²) in [5.74, 6) is 1.66. The molecular weight excluding hydrogens is 1340 g/mol. The maximum atomic E-state index is 6.69. The standard InChI is InChI=1S/C24H8Br12O4Si/c25-9-1-5-13(21(33)17(9)29)37-41(38-14-6-2-10(26)18(30)22(14)34,39-15-7-3-11(27)19(31)23(15)35)40-16-8-4-12(28)20(32)24(16)36/h1-8H. The zero-order valence-electron chi connectivity index (χ0n) is 19.3. The minimum absolute atomic E-state index is 0.415. The van der Waals surface area contributed by atoms with Gasteiger partial charge in [0, 0.05) is 35.8 Å². The van der Waals surface area contributed by atoms with Gasteiger partial charge in [-0.05, 0) is 240 Å². The van der Waals surface area contributed by atoms with Crippen LogP contribution in [-0.2, 0) is 0 Å². The Bertz CT molecular complexity index is 1410. The van der Waals surface area contributed by atoms with E-state index in [-0.39, 0.29) is 0 Å². The van der Waals surface area contributed by atoms with Crippen molar-refractivity contribution >= 4 is 200 Å². The maximum Gasteiger partial charge on any atom is 0.966 e. The van der Waals surface area contributed by atoms with Crippen molar-refractivity contribution in [2.24, 2.45) is 0 Å². The van der Waals surface area contributed by atoms with Gasteiger partial charge in [-0.3, -0.25) is 0 Å². The van der Waals surface area contributed by atoms with Crippen LogP contribution in [0.25, 0.3) is 0 Å². The predicted molar refractivity (Wildman–Crippen MR) is 206 cm³/mol. The zero-order valence-corrected chi connectivity index (χ0v) is 39.3. The summed E-state index contributed by atoms with van der Waals surface area (Å²) in [5, 5.41) is 0.